The Morgan fingerprint density at radius 3 is 2.58 bits per heavy atom. The van der Waals surface area contributed by atoms with E-state index < -0.39 is 28.4 Å². The molecule has 0 aliphatic carbocycles. The quantitative estimate of drug-likeness (QED) is 0.862. The number of halogens is 4. The molecule has 19 heavy (non-hydrogen) atoms. The Bertz CT molecular complexity index is 626. The van der Waals surface area contributed by atoms with Crippen LogP contribution in [-0.2, 0) is 6.18 Å². The number of nitrogens with two attached hydrogens (primary N) is 1. The first kappa shape index (κ1) is 13.8. The van der Waals surface area contributed by atoms with Gasteiger partial charge in [-0.3, -0.25) is 4.79 Å². The normalized spacial score (nSPS) is 11.6. The van der Waals surface area contributed by atoms with Crippen LogP contribution in [0.3, 0.4) is 0 Å². The number of primary amides is 1. The smallest absolute Gasteiger partial charge is 0.365 e. The molecule has 0 aliphatic heterocycles. The minimum absolute atomic E-state index is 0.0531. The molecule has 1 amide bonds. The molecule has 0 fully saturated rings. The van der Waals surface area contributed by atoms with Crippen molar-refractivity contribution in [3.05, 3.63) is 39.9 Å². The lowest BCUT2D eigenvalue weighted by molar-refractivity contribution is -0.137. The second kappa shape index (κ2) is 4.82. The Hall–Kier alpha value is -1.60. The summed E-state index contributed by atoms with van der Waals surface area (Å²) in [5.74, 6) is -1.26. The number of carbonyl (C=O) groups excluding carboxylic acids is 1. The van der Waals surface area contributed by atoms with Crippen molar-refractivity contribution < 1.29 is 18.0 Å². The van der Waals surface area contributed by atoms with E-state index in [0.29, 0.717) is 4.88 Å². The van der Waals surface area contributed by atoms with E-state index in [-0.39, 0.29) is 5.69 Å². The van der Waals surface area contributed by atoms with Gasteiger partial charge in [-0.2, -0.15) is 13.2 Å². The molecule has 0 aromatic carbocycles. The SMILES string of the molecule is NC(=O)c1c(C(F)(F)F)cc(-c2cccs2)nc1Cl. The maximum atomic E-state index is 12.9. The fourth-order valence-corrected chi connectivity index (χ4v) is 2.49. The number of thiophene rings is 1. The Balaban J connectivity index is 2.71. The van der Waals surface area contributed by atoms with Gasteiger partial charge in [0.15, 0.2) is 0 Å². The van der Waals surface area contributed by atoms with Crippen LogP contribution >= 0.6 is 22.9 Å². The largest absolute Gasteiger partial charge is 0.417 e. The summed E-state index contributed by atoms with van der Waals surface area (Å²) < 4.78 is 38.8. The molecule has 100 valence electrons. The number of pyridine rings is 1. The first-order valence-electron chi connectivity index (χ1n) is 4.92. The fraction of sp³-hybridized carbons (Fsp3) is 0.0909. The average molecular weight is 307 g/mol. The van der Waals surface area contributed by atoms with Crippen LogP contribution < -0.4 is 5.73 Å². The lowest BCUT2D eigenvalue weighted by Crippen LogP contribution is -2.20. The second-order valence-electron chi connectivity index (χ2n) is 3.56. The molecule has 0 atom stereocenters. The third kappa shape index (κ3) is 2.71. The maximum absolute atomic E-state index is 12.9. The molecular formula is C11H6ClF3N2OS. The van der Waals surface area contributed by atoms with E-state index in [1.807, 2.05) is 0 Å². The number of hydrogen-bond donors (Lipinski definition) is 1. The van der Waals surface area contributed by atoms with E-state index in [1.165, 1.54) is 11.3 Å². The number of carbonyl (C=O) groups is 1. The van der Waals surface area contributed by atoms with Crippen molar-refractivity contribution in [3.8, 4) is 10.6 Å². The lowest BCUT2D eigenvalue weighted by atomic mass is 10.1. The topological polar surface area (TPSA) is 56.0 Å². The van der Waals surface area contributed by atoms with Gasteiger partial charge in [-0.05, 0) is 17.5 Å². The highest BCUT2D eigenvalue weighted by Gasteiger charge is 2.37. The summed E-state index contributed by atoms with van der Waals surface area (Å²) in [7, 11) is 0. The molecule has 0 bridgehead atoms. The molecule has 0 saturated carbocycles. The lowest BCUT2D eigenvalue weighted by Gasteiger charge is -2.13. The van der Waals surface area contributed by atoms with Crippen molar-refractivity contribution in [1.29, 1.82) is 0 Å². The highest BCUT2D eigenvalue weighted by atomic mass is 35.5. The molecule has 0 radical (unpaired) electrons. The molecule has 0 unspecified atom stereocenters. The molecule has 0 spiro atoms. The molecule has 0 aliphatic rings. The van der Waals surface area contributed by atoms with Crippen LogP contribution in [0.25, 0.3) is 10.6 Å². The second-order valence-corrected chi connectivity index (χ2v) is 4.87. The van der Waals surface area contributed by atoms with Gasteiger partial charge in [0.2, 0.25) is 0 Å². The molecule has 2 aromatic heterocycles. The summed E-state index contributed by atoms with van der Waals surface area (Å²) >= 11 is 6.86. The zero-order valence-electron chi connectivity index (χ0n) is 9.16. The van der Waals surface area contributed by atoms with Gasteiger partial charge in [0, 0.05) is 0 Å². The van der Waals surface area contributed by atoms with Crippen LogP contribution in [0.2, 0.25) is 5.15 Å². The van der Waals surface area contributed by atoms with Crippen LogP contribution in [0.15, 0.2) is 23.6 Å². The van der Waals surface area contributed by atoms with Crippen LogP contribution in [-0.4, -0.2) is 10.9 Å². The van der Waals surface area contributed by atoms with Crippen molar-refractivity contribution in [3.63, 3.8) is 0 Å². The van der Waals surface area contributed by atoms with Crippen LogP contribution in [0, 0.1) is 0 Å². The number of rotatable bonds is 2. The monoisotopic (exact) mass is 306 g/mol. The zero-order valence-corrected chi connectivity index (χ0v) is 10.7. The molecule has 8 heteroatoms. The first-order chi connectivity index (χ1) is 8.80. The highest BCUT2D eigenvalue weighted by molar-refractivity contribution is 7.13. The molecule has 2 aromatic rings. The molecule has 3 nitrogen and oxygen atoms in total. The number of hydrogen-bond acceptors (Lipinski definition) is 3. The molecular weight excluding hydrogens is 301 g/mol. The number of nitrogens with zero attached hydrogens (tertiary/aromatic N) is 1. The molecule has 2 N–H and O–H groups in total. The first-order valence-corrected chi connectivity index (χ1v) is 6.18. The van der Waals surface area contributed by atoms with E-state index >= 15 is 0 Å². The Morgan fingerprint density at radius 1 is 1.42 bits per heavy atom. The third-order valence-corrected chi connectivity index (χ3v) is 3.47. The maximum Gasteiger partial charge on any atom is 0.417 e. The summed E-state index contributed by atoms with van der Waals surface area (Å²) in [5.41, 5.74) is 2.99. The molecule has 2 rings (SSSR count). The summed E-state index contributed by atoms with van der Waals surface area (Å²) in [6.45, 7) is 0. The van der Waals surface area contributed by atoms with Crippen LogP contribution in [0.4, 0.5) is 13.2 Å². The Morgan fingerprint density at radius 2 is 2.11 bits per heavy atom. The van der Waals surface area contributed by atoms with E-state index in [1.54, 1.807) is 17.5 Å². The minimum Gasteiger partial charge on any atom is -0.365 e. The van der Waals surface area contributed by atoms with Crippen molar-refractivity contribution >= 4 is 28.8 Å². The minimum atomic E-state index is -4.73. The van der Waals surface area contributed by atoms with Crippen molar-refractivity contribution in [2.24, 2.45) is 5.73 Å². The Kier molecular flexibility index (Phi) is 3.51. The fourth-order valence-electron chi connectivity index (χ4n) is 1.52. The van der Waals surface area contributed by atoms with Crippen LogP contribution in [0.1, 0.15) is 15.9 Å². The Labute approximate surface area is 114 Å². The van der Waals surface area contributed by atoms with Gasteiger partial charge in [0.25, 0.3) is 5.91 Å². The van der Waals surface area contributed by atoms with E-state index in [2.05, 4.69) is 4.98 Å². The standard InChI is InChI=1S/C11H6ClF3N2OS/c12-9-8(10(16)18)5(11(13,14)15)4-6(17-9)7-2-1-3-19-7/h1-4H,(H2,16,18). The highest BCUT2D eigenvalue weighted by Crippen LogP contribution is 2.37. The summed E-state index contributed by atoms with van der Waals surface area (Å²) in [6.07, 6.45) is -4.73. The van der Waals surface area contributed by atoms with Crippen molar-refractivity contribution in [2.45, 2.75) is 6.18 Å². The van der Waals surface area contributed by atoms with Gasteiger partial charge < -0.3 is 5.73 Å². The summed E-state index contributed by atoms with van der Waals surface area (Å²) in [4.78, 5) is 15.4. The van der Waals surface area contributed by atoms with Gasteiger partial charge in [-0.1, -0.05) is 17.7 Å². The van der Waals surface area contributed by atoms with Crippen molar-refractivity contribution in [2.75, 3.05) is 0 Å². The summed E-state index contributed by atoms with van der Waals surface area (Å²) in [5, 5.41) is 1.14. The van der Waals surface area contributed by atoms with Gasteiger partial charge in [-0.25, -0.2) is 4.98 Å². The van der Waals surface area contributed by atoms with Crippen molar-refractivity contribution in [1.82, 2.24) is 4.98 Å². The van der Waals surface area contributed by atoms with E-state index in [0.717, 1.165) is 6.07 Å². The number of alkyl halides is 3. The molecule has 2 heterocycles. The zero-order chi connectivity index (χ0) is 14.2. The predicted molar refractivity (Wildman–Crippen MR) is 66.1 cm³/mol. The average Bonchev–Trinajstić information content (AvgIpc) is 2.79. The summed E-state index contributed by atoms with van der Waals surface area (Å²) in [6, 6.07) is 4.05. The van der Waals surface area contributed by atoms with E-state index in [9.17, 15) is 18.0 Å². The van der Waals surface area contributed by atoms with Gasteiger partial charge in [0.05, 0.1) is 21.7 Å². The predicted octanol–water partition coefficient (Wildman–Crippen LogP) is 3.58. The van der Waals surface area contributed by atoms with Gasteiger partial charge >= 0.3 is 6.18 Å². The number of aromatic nitrogens is 1. The van der Waals surface area contributed by atoms with Gasteiger partial charge in [0.1, 0.15) is 5.15 Å². The van der Waals surface area contributed by atoms with Crippen LogP contribution in [0.5, 0.6) is 0 Å². The third-order valence-electron chi connectivity index (χ3n) is 2.30. The van der Waals surface area contributed by atoms with Gasteiger partial charge in [-0.15, -0.1) is 11.3 Å². The number of amides is 1. The van der Waals surface area contributed by atoms with E-state index in [4.69, 9.17) is 17.3 Å². The molecule has 0 saturated heterocycles.